The minimum Gasteiger partial charge on any atom is -0.326 e. The quantitative estimate of drug-likeness (QED) is 0.783. The topological polar surface area (TPSA) is 62.3 Å². The first kappa shape index (κ1) is 16.1. The Morgan fingerprint density at radius 1 is 1.12 bits per heavy atom. The van der Waals surface area contributed by atoms with Gasteiger partial charge in [-0.3, -0.25) is 14.5 Å². The Hall–Kier alpha value is -2.73. The zero-order chi connectivity index (χ0) is 17.1. The van der Waals surface area contributed by atoms with Crippen LogP contribution in [0.2, 0.25) is 0 Å². The SMILES string of the molecule is CCN(C(=O)c1ccc(NC(C)=O)cc1)c1nc2ccccc2s1. The van der Waals surface area contributed by atoms with Crippen LogP contribution in [-0.4, -0.2) is 23.3 Å². The Bertz CT molecular complexity index is 854. The minimum atomic E-state index is -0.140. The van der Waals surface area contributed by atoms with Crippen molar-refractivity contribution in [3.05, 3.63) is 54.1 Å². The molecule has 1 aromatic heterocycles. The summed E-state index contributed by atoms with van der Waals surface area (Å²) in [4.78, 5) is 30.1. The van der Waals surface area contributed by atoms with Crippen molar-refractivity contribution in [3.8, 4) is 0 Å². The number of aromatic nitrogens is 1. The van der Waals surface area contributed by atoms with Gasteiger partial charge in [-0.2, -0.15) is 0 Å². The van der Waals surface area contributed by atoms with Crippen LogP contribution < -0.4 is 10.2 Å². The molecular weight excluding hydrogens is 322 g/mol. The molecule has 2 amide bonds. The Labute approximate surface area is 143 Å². The zero-order valence-electron chi connectivity index (χ0n) is 13.4. The Morgan fingerprint density at radius 2 is 1.83 bits per heavy atom. The maximum atomic E-state index is 12.8. The molecule has 0 aliphatic rings. The third-order valence-electron chi connectivity index (χ3n) is 3.53. The maximum Gasteiger partial charge on any atom is 0.260 e. The molecule has 24 heavy (non-hydrogen) atoms. The molecule has 0 fully saturated rings. The highest BCUT2D eigenvalue weighted by atomic mass is 32.1. The average Bonchev–Trinajstić information content (AvgIpc) is 2.99. The second-order valence-electron chi connectivity index (χ2n) is 5.27. The van der Waals surface area contributed by atoms with Crippen molar-refractivity contribution in [2.24, 2.45) is 0 Å². The van der Waals surface area contributed by atoms with Gasteiger partial charge >= 0.3 is 0 Å². The summed E-state index contributed by atoms with van der Waals surface area (Å²) in [6.07, 6.45) is 0. The first-order chi connectivity index (χ1) is 11.6. The van der Waals surface area contributed by atoms with E-state index in [4.69, 9.17) is 0 Å². The average molecular weight is 339 g/mol. The fraction of sp³-hybridized carbons (Fsp3) is 0.167. The number of rotatable bonds is 4. The number of anilines is 2. The van der Waals surface area contributed by atoms with Crippen LogP contribution in [0.1, 0.15) is 24.2 Å². The number of hydrogen-bond acceptors (Lipinski definition) is 4. The lowest BCUT2D eigenvalue weighted by molar-refractivity contribution is -0.114. The van der Waals surface area contributed by atoms with Gasteiger partial charge in [-0.1, -0.05) is 23.5 Å². The molecule has 3 aromatic rings. The van der Waals surface area contributed by atoms with Gasteiger partial charge in [0.15, 0.2) is 5.13 Å². The van der Waals surface area contributed by atoms with E-state index in [1.807, 2.05) is 31.2 Å². The summed E-state index contributed by atoms with van der Waals surface area (Å²) in [5.74, 6) is -0.246. The molecule has 0 aliphatic heterocycles. The van der Waals surface area contributed by atoms with E-state index in [2.05, 4.69) is 10.3 Å². The number of para-hydroxylation sites is 1. The van der Waals surface area contributed by atoms with Crippen molar-refractivity contribution in [2.45, 2.75) is 13.8 Å². The number of nitrogens with one attached hydrogen (secondary N) is 1. The Balaban J connectivity index is 1.87. The lowest BCUT2D eigenvalue weighted by atomic mass is 10.2. The molecule has 2 aromatic carbocycles. The highest BCUT2D eigenvalue weighted by molar-refractivity contribution is 7.22. The fourth-order valence-electron chi connectivity index (χ4n) is 2.40. The second kappa shape index (κ2) is 6.80. The van der Waals surface area contributed by atoms with Gasteiger partial charge < -0.3 is 5.32 Å². The molecule has 0 bridgehead atoms. The number of amides is 2. The predicted octanol–water partition coefficient (Wildman–Crippen LogP) is 3.92. The van der Waals surface area contributed by atoms with E-state index in [1.54, 1.807) is 29.2 Å². The molecule has 0 atom stereocenters. The Kier molecular flexibility index (Phi) is 4.57. The second-order valence-corrected chi connectivity index (χ2v) is 6.28. The van der Waals surface area contributed by atoms with Crippen molar-refractivity contribution in [1.82, 2.24) is 4.98 Å². The van der Waals surface area contributed by atoms with Gasteiger partial charge in [0.1, 0.15) is 0 Å². The Morgan fingerprint density at radius 3 is 2.46 bits per heavy atom. The summed E-state index contributed by atoms with van der Waals surface area (Å²) in [7, 11) is 0. The first-order valence-electron chi connectivity index (χ1n) is 7.63. The van der Waals surface area contributed by atoms with Crippen molar-refractivity contribution in [3.63, 3.8) is 0 Å². The van der Waals surface area contributed by atoms with E-state index in [1.165, 1.54) is 18.3 Å². The molecule has 6 heteroatoms. The molecule has 0 spiro atoms. The van der Waals surface area contributed by atoms with Crippen LogP contribution in [0.4, 0.5) is 10.8 Å². The van der Waals surface area contributed by atoms with Crippen molar-refractivity contribution >= 4 is 44.2 Å². The van der Waals surface area contributed by atoms with E-state index in [9.17, 15) is 9.59 Å². The zero-order valence-corrected chi connectivity index (χ0v) is 14.3. The normalized spacial score (nSPS) is 10.6. The summed E-state index contributed by atoms with van der Waals surface area (Å²) in [6, 6.07) is 14.7. The fourth-order valence-corrected chi connectivity index (χ4v) is 3.42. The standard InChI is InChI=1S/C18H17N3O2S/c1-3-21(18-20-15-6-4-5-7-16(15)24-18)17(23)13-8-10-14(11-9-13)19-12(2)22/h4-11H,3H2,1-2H3,(H,19,22). The monoisotopic (exact) mass is 339 g/mol. The van der Waals surface area contributed by atoms with Gasteiger partial charge in [-0.25, -0.2) is 4.98 Å². The summed E-state index contributed by atoms with van der Waals surface area (Å²) in [5.41, 5.74) is 2.12. The minimum absolute atomic E-state index is 0.106. The van der Waals surface area contributed by atoms with Gasteiger partial charge in [0, 0.05) is 24.7 Å². The number of hydrogen-bond donors (Lipinski definition) is 1. The number of thiazole rings is 1. The van der Waals surface area contributed by atoms with Gasteiger partial charge in [-0.15, -0.1) is 0 Å². The molecule has 122 valence electrons. The van der Waals surface area contributed by atoms with Crippen LogP contribution >= 0.6 is 11.3 Å². The molecule has 0 radical (unpaired) electrons. The van der Waals surface area contributed by atoms with Crippen molar-refractivity contribution in [1.29, 1.82) is 0 Å². The molecule has 0 saturated heterocycles. The van der Waals surface area contributed by atoms with Crippen molar-refractivity contribution < 1.29 is 9.59 Å². The molecule has 5 nitrogen and oxygen atoms in total. The van der Waals surface area contributed by atoms with Crippen molar-refractivity contribution in [2.75, 3.05) is 16.8 Å². The number of nitrogens with zero attached hydrogens (tertiary/aromatic N) is 2. The van der Waals surface area contributed by atoms with Crippen LogP contribution in [0.25, 0.3) is 10.2 Å². The highest BCUT2D eigenvalue weighted by Crippen LogP contribution is 2.29. The number of carbonyl (C=O) groups is 2. The maximum absolute atomic E-state index is 12.8. The molecule has 0 saturated carbocycles. The van der Waals surface area contributed by atoms with Gasteiger partial charge in [0.05, 0.1) is 10.2 Å². The summed E-state index contributed by atoms with van der Waals surface area (Å²) in [5, 5.41) is 3.38. The first-order valence-corrected chi connectivity index (χ1v) is 8.45. The summed E-state index contributed by atoms with van der Waals surface area (Å²) >= 11 is 1.50. The lowest BCUT2D eigenvalue weighted by Gasteiger charge is -2.17. The van der Waals surface area contributed by atoms with Gasteiger partial charge in [-0.05, 0) is 43.3 Å². The number of benzene rings is 2. The van der Waals surface area contributed by atoms with E-state index in [0.717, 1.165) is 10.2 Å². The van der Waals surface area contributed by atoms with Gasteiger partial charge in [0.25, 0.3) is 5.91 Å². The molecule has 0 unspecified atom stereocenters. The van der Waals surface area contributed by atoms with Crippen LogP contribution in [-0.2, 0) is 4.79 Å². The molecule has 0 aliphatic carbocycles. The third-order valence-corrected chi connectivity index (χ3v) is 4.59. The van der Waals surface area contributed by atoms with E-state index in [-0.39, 0.29) is 11.8 Å². The third kappa shape index (κ3) is 3.28. The summed E-state index contributed by atoms with van der Waals surface area (Å²) in [6.45, 7) is 3.91. The van der Waals surface area contributed by atoms with E-state index < -0.39 is 0 Å². The molecule has 1 heterocycles. The van der Waals surface area contributed by atoms with Crippen LogP contribution in [0.3, 0.4) is 0 Å². The number of fused-ring (bicyclic) bond motifs is 1. The smallest absolute Gasteiger partial charge is 0.260 e. The van der Waals surface area contributed by atoms with Gasteiger partial charge in [0.2, 0.25) is 5.91 Å². The highest BCUT2D eigenvalue weighted by Gasteiger charge is 2.19. The lowest BCUT2D eigenvalue weighted by Crippen LogP contribution is -2.30. The van der Waals surface area contributed by atoms with Crippen LogP contribution in [0.15, 0.2) is 48.5 Å². The molecule has 1 N–H and O–H groups in total. The molecule has 3 rings (SSSR count). The predicted molar refractivity (Wildman–Crippen MR) is 97.7 cm³/mol. The largest absolute Gasteiger partial charge is 0.326 e. The van der Waals surface area contributed by atoms with E-state index in [0.29, 0.717) is 22.9 Å². The number of carbonyl (C=O) groups excluding carboxylic acids is 2. The van der Waals surface area contributed by atoms with E-state index >= 15 is 0 Å². The molecular formula is C18H17N3O2S. The van der Waals surface area contributed by atoms with Crippen LogP contribution in [0.5, 0.6) is 0 Å². The summed E-state index contributed by atoms with van der Waals surface area (Å²) < 4.78 is 1.06. The van der Waals surface area contributed by atoms with Crippen LogP contribution in [0, 0.1) is 0 Å².